The minimum absolute atomic E-state index is 0.149. The summed E-state index contributed by atoms with van der Waals surface area (Å²) >= 11 is 0. The molecule has 2 N–H and O–H groups in total. The fourth-order valence-corrected chi connectivity index (χ4v) is 3.60. The maximum absolute atomic E-state index is 12.8. The average Bonchev–Trinajstić information content (AvgIpc) is 3.28. The largest absolute Gasteiger partial charge is 0.395 e. The molecule has 2 amide bonds. The highest BCUT2D eigenvalue weighted by Gasteiger charge is 2.49. The van der Waals surface area contributed by atoms with Gasteiger partial charge in [0.15, 0.2) is 0 Å². The van der Waals surface area contributed by atoms with E-state index < -0.39 is 5.54 Å². The molecule has 1 aliphatic rings. The Morgan fingerprint density at radius 1 is 1.35 bits per heavy atom. The second-order valence-electron chi connectivity index (χ2n) is 6.51. The molecule has 0 spiro atoms. The Labute approximate surface area is 152 Å². The number of aliphatic hydroxyl groups excluding tert-OH is 1. The summed E-state index contributed by atoms with van der Waals surface area (Å²) in [5.74, 6) is 0.137. The lowest BCUT2D eigenvalue weighted by Crippen LogP contribution is -2.58. The summed E-state index contributed by atoms with van der Waals surface area (Å²) in [5, 5.41) is 15.8. The fourth-order valence-electron chi connectivity index (χ4n) is 3.60. The van der Waals surface area contributed by atoms with Gasteiger partial charge in [-0.2, -0.15) is 0 Å². The van der Waals surface area contributed by atoms with Crippen LogP contribution in [0.1, 0.15) is 25.5 Å². The van der Waals surface area contributed by atoms with Crippen LogP contribution in [0.2, 0.25) is 0 Å². The maximum atomic E-state index is 12.8. The molecule has 0 saturated carbocycles. The molecule has 0 aliphatic carbocycles. The molecule has 0 bridgehead atoms. The van der Waals surface area contributed by atoms with Crippen LogP contribution in [-0.2, 0) is 16.0 Å². The van der Waals surface area contributed by atoms with Crippen LogP contribution in [0, 0.1) is 0 Å². The molecule has 7 nitrogen and oxygen atoms in total. The fraction of sp³-hybridized carbons (Fsp3) is 0.421. The quantitative estimate of drug-likeness (QED) is 0.814. The third-order valence-corrected chi connectivity index (χ3v) is 4.78. The smallest absolute Gasteiger partial charge is 0.246 e. The standard InChI is InChI=1S/C19H23N3O4/c1-14(24)22-10-5-8-19(22,18(25)20-9-11-23)13-16-12-17(21-26-16)15-6-3-2-4-7-15/h2-4,6-7,12,23H,5,8-11,13H2,1H3,(H,20,25). The van der Waals surface area contributed by atoms with Crippen molar-refractivity contribution in [3.8, 4) is 11.3 Å². The lowest BCUT2D eigenvalue weighted by atomic mass is 9.89. The van der Waals surface area contributed by atoms with E-state index in [1.807, 2.05) is 36.4 Å². The van der Waals surface area contributed by atoms with Gasteiger partial charge in [-0.15, -0.1) is 0 Å². The molecule has 1 aromatic carbocycles. The van der Waals surface area contributed by atoms with E-state index in [4.69, 9.17) is 9.63 Å². The zero-order valence-corrected chi connectivity index (χ0v) is 14.8. The zero-order chi connectivity index (χ0) is 18.6. The number of likely N-dealkylation sites (tertiary alicyclic amines) is 1. The Hall–Kier alpha value is -2.67. The first kappa shape index (κ1) is 18.1. The van der Waals surface area contributed by atoms with Crippen LogP contribution in [0.5, 0.6) is 0 Å². The normalized spacial score (nSPS) is 19.5. The van der Waals surface area contributed by atoms with Gasteiger partial charge in [0.05, 0.1) is 6.61 Å². The van der Waals surface area contributed by atoms with Crippen LogP contribution >= 0.6 is 0 Å². The number of hydrogen-bond acceptors (Lipinski definition) is 5. The molecule has 0 radical (unpaired) electrons. The van der Waals surface area contributed by atoms with Crippen LogP contribution in [-0.4, -0.2) is 52.2 Å². The van der Waals surface area contributed by atoms with E-state index in [0.29, 0.717) is 24.4 Å². The second kappa shape index (κ2) is 7.70. The van der Waals surface area contributed by atoms with Crippen molar-refractivity contribution in [1.29, 1.82) is 0 Å². The summed E-state index contributed by atoms with van der Waals surface area (Å²) in [7, 11) is 0. The SMILES string of the molecule is CC(=O)N1CCCC1(Cc1cc(-c2ccccc2)no1)C(=O)NCCO. The third-order valence-electron chi connectivity index (χ3n) is 4.78. The molecule has 3 rings (SSSR count). The molecule has 1 saturated heterocycles. The lowest BCUT2D eigenvalue weighted by Gasteiger charge is -2.36. The van der Waals surface area contributed by atoms with E-state index in [0.717, 1.165) is 12.0 Å². The third kappa shape index (κ3) is 3.48. The summed E-state index contributed by atoms with van der Waals surface area (Å²) in [6.45, 7) is 2.00. The number of carbonyl (C=O) groups is 2. The number of amides is 2. The average molecular weight is 357 g/mol. The van der Waals surface area contributed by atoms with Crippen LogP contribution in [0.4, 0.5) is 0 Å². The first-order chi connectivity index (χ1) is 12.6. The number of carbonyl (C=O) groups excluding carboxylic acids is 2. The van der Waals surface area contributed by atoms with Gasteiger partial charge in [-0.25, -0.2) is 0 Å². The van der Waals surface area contributed by atoms with Crippen LogP contribution < -0.4 is 5.32 Å². The van der Waals surface area contributed by atoms with Gasteiger partial charge < -0.3 is 19.8 Å². The van der Waals surface area contributed by atoms with Crippen molar-refractivity contribution >= 4 is 11.8 Å². The van der Waals surface area contributed by atoms with Crippen molar-refractivity contribution in [3.05, 3.63) is 42.2 Å². The molecule has 26 heavy (non-hydrogen) atoms. The monoisotopic (exact) mass is 357 g/mol. The van der Waals surface area contributed by atoms with Crippen LogP contribution in [0.15, 0.2) is 40.9 Å². The number of benzene rings is 1. The Balaban J connectivity index is 1.88. The molecule has 2 heterocycles. The van der Waals surface area contributed by atoms with E-state index in [9.17, 15) is 9.59 Å². The summed E-state index contributed by atoms with van der Waals surface area (Å²) in [6.07, 6.45) is 1.54. The zero-order valence-electron chi connectivity index (χ0n) is 14.8. The van der Waals surface area contributed by atoms with Crippen molar-refractivity contribution in [1.82, 2.24) is 15.4 Å². The molecule has 1 aliphatic heterocycles. The molecular formula is C19H23N3O4. The highest BCUT2D eigenvalue weighted by Crippen LogP contribution is 2.34. The van der Waals surface area contributed by atoms with Crippen molar-refractivity contribution in [2.45, 2.75) is 31.7 Å². The van der Waals surface area contributed by atoms with Gasteiger partial charge in [0.1, 0.15) is 17.0 Å². The molecule has 1 atom stereocenters. The van der Waals surface area contributed by atoms with E-state index in [-0.39, 0.29) is 31.4 Å². The van der Waals surface area contributed by atoms with E-state index in [1.54, 1.807) is 4.90 Å². The van der Waals surface area contributed by atoms with Gasteiger partial charge in [0.25, 0.3) is 0 Å². The number of nitrogens with one attached hydrogen (secondary N) is 1. The number of rotatable bonds is 6. The minimum atomic E-state index is -1.01. The predicted molar refractivity (Wildman–Crippen MR) is 95.1 cm³/mol. The minimum Gasteiger partial charge on any atom is -0.395 e. The predicted octanol–water partition coefficient (Wildman–Crippen LogP) is 1.37. The van der Waals surface area contributed by atoms with E-state index in [2.05, 4.69) is 10.5 Å². The summed E-state index contributed by atoms with van der Waals surface area (Å²) in [4.78, 5) is 26.6. The van der Waals surface area contributed by atoms with Crippen LogP contribution in [0.25, 0.3) is 11.3 Å². The number of nitrogens with zero attached hydrogens (tertiary/aromatic N) is 2. The van der Waals surface area contributed by atoms with E-state index in [1.165, 1.54) is 6.92 Å². The molecule has 7 heteroatoms. The van der Waals surface area contributed by atoms with Crippen molar-refractivity contribution in [2.24, 2.45) is 0 Å². The Kier molecular flexibility index (Phi) is 5.37. The first-order valence-corrected chi connectivity index (χ1v) is 8.75. The van der Waals surface area contributed by atoms with Crippen molar-refractivity contribution in [3.63, 3.8) is 0 Å². The summed E-state index contributed by atoms with van der Waals surface area (Å²) in [6, 6.07) is 11.4. The van der Waals surface area contributed by atoms with Crippen molar-refractivity contribution in [2.75, 3.05) is 19.7 Å². The Bertz CT molecular complexity index is 774. The molecule has 1 aromatic heterocycles. The van der Waals surface area contributed by atoms with Gasteiger partial charge in [0.2, 0.25) is 11.8 Å². The molecule has 1 unspecified atom stereocenters. The Morgan fingerprint density at radius 2 is 2.12 bits per heavy atom. The van der Waals surface area contributed by atoms with Gasteiger partial charge in [-0.3, -0.25) is 9.59 Å². The summed E-state index contributed by atoms with van der Waals surface area (Å²) < 4.78 is 5.47. The van der Waals surface area contributed by atoms with Crippen LogP contribution in [0.3, 0.4) is 0 Å². The number of hydrogen-bond donors (Lipinski definition) is 2. The topological polar surface area (TPSA) is 95.7 Å². The number of aromatic nitrogens is 1. The summed E-state index contributed by atoms with van der Waals surface area (Å²) in [5.41, 5.74) is 0.615. The molecule has 2 aromatic rings. The molecule has 138 valence electrons. The Morgan fingerprint density at radius 3 is 2.81 bits per heavy atom. The highest BCUT2D eigenvalue weighted by molar-refractivity contribution is 5.91. The van der Waals surface area contributed by atoms with Gasteiger partial charge in [-0.05, 0) is 12.8 Å². The molecule has 1 fully saturated rings. The maximum Gasteiger partial charge on any atom is 0.246 e. The van der Waals surface area contributed by atoms with Gasteiger partial charge >= 0.3 is 0 Å². The first-order valence-electron chi connectivity index (χ1n) is 8.75. The molecular weight excluding hydrogens is 334 g/mol. The van der Waals surface area contributed by atoms with E-state index >= 15 is 0 Å². The second-order valence-corrected chi connectivity index (χ2v) is 6.51. The lowest BCUT2D eigenvalue weighted by molar-refractivity contribution is -0.144. The number of aliphatic hydroxyl groups is 1. The van der Waals surface area contributed by atoms with Crippen molar-refractivity contribution < 1.29 is 19.2 Å². The van der Waals surface area contributed by atoms with Gasteiger partial charge in [0, 0.05) is 38.1 Å². The van der Waals surface area contributed by atoms with Gasteiger partial charge in [-0.1, -0.05) is 35.5 Å². The highest BCUT2D eigenvalue weighted by atomic mass is 16.5.